The van der Waals surface area contributed by atoms with Crippen molar-refractivity contribution in [3.05, 3.63) is 66.5 Å². The molecule has 0 fully saturated rings. The number of hydrogen-bond acceptors (Lipinski definition) is 8. The van der Waals surface area contributed by atoms with E-state index in [0.29, 0.717) is 0 Å². The van der Waals surface area contributed by atoms with Crippen molar-refractivity contribution in [2.45, 2.75) is 20.4 Å². The first-order valence-electron chi connectivity index (χ1n) is 9.19. The number of rotatable bonds is 8. The Morgan fingerprint density at radius 1 is 1.25 bits per heavy atom. The molecule has 12 nitrogen and oxygen atoms in total. The van der Waals surface area contributed by atoms with Gasteiger partial charge in [0.05, 0.1) is 20.8 Å². The third-order valence-electron chi connectivity index (χ3n) is 4.35. The van der Waals surface area contributed by atoms with E-state index in [0.717, 1.165) is 21.9 Å². The molecule has 0 aliphatic heterocycles. The Morgan fingerprint density at radius 2 is 1.94 bits per heavy atom. The number of halogens is 2. The Kier molecular flexibility index (Phi) is 7.20. The van der Waals surface area contributed by atoms with Crippen LogP contribution in [0.1, 0.15) is 38.3 Å². The summed E-state index contributed by atoms with van der Waals surface area (Å²) in [6, 6.07) is 3.72. The summed E-state index contributed by atoms with van der Waals surface area (Å²) in [4.78, 5) is 38.6. The summed E-state index contributed by atoms with van der Waals surface area (Å²) in [5.74, 6) is -1.09. The lowest BCUT2D eigenvalue weighted by molar-refractivity contribution is -0.384. The average Bonchev–Trinajstić information content (AvgIpc) is 3.32. The third kappa shape index (κ3) is 5.29. The van der Waals surface area contributed by atoms with Gasteiger partial charge in [-0.2, -0.15) is 10.1 Å². The molecule has 0 aliphatic rings. The molecule has 2 amide bonds. The number of aryl methyl sites for hydroxylation is 1. The fourth-order valence-electron chi connectivity index (χ4n) is 2.70. The van der Waals surface area contributed by atoms with Gasteiger partial charge in [-0.05, 0) is 41.9 Å². The Bertz CT molecular complexity index is 1190. The third-order valence-corrected chi connectivity index (χ3v) is 5.82. The quantitative estimate of drug-likeness (QED) is 0.257. The molecular formula is C18H17BrClN7O5. The van der Waals surface area contributed by atoms with Crippen molar-refractivity contribution in [2.24, 2.45) is 0 Å². The van der Waals surface area contributed by atoms with Crippen molar-refractivity contribution < 1.29 is 19.0 Å². The van der Waals surface area contributed by atoms with E-state index in [-0.39, 0.29) is 47.6 Å². The Hall–Kier alpha value is -3.32. The zero-order valence-corrected chi connectivity index (χ0v) is 19.2. The molecule has 1 aromatic carbocycles. The van der Waals surface area contributed by atoms with Crippen LogP contribution in [0.5, 0.6) is 0 Å². The number of nitrogens with zero attached hydrogens (tertiary/aromatic N) is 5. The van der Waals surface area contributed by atoms with Crippen molar-refractivity contribution in [1.29, 1.82) is 0 Å². The van der Waals surface area contributed by atoms with Gasteiger partial charge in [-0.15, -0.1) is 0 Å². The van der Waals surface area contributed by atoms with Gasteiger partial charge in [0, 0.05) is 24.7 Å². The van der Waals surface area contributed by atoms with Crippen LogP contribution in [0.25, 0.3) is 0 Å². The van der Waals surface area contributed by atoms with E-state index in [9.17, 15) is 19.7 Å². The van der Waals surface area contributed by atoms with Gasteiger partial charge in [0.1, 0.15) is 11.6 Å². The monoisotopic (exact) mass is 525 g/mol. The van der Waals surface area contributed by atoms with Crippen molar-refractivity contribution in [3.8, 4) is 0 Å². The summed E-state index contributed by atoms with van der Waals surface area (Å²) < 4.78 is 7.55. The standard InChI is InChI=1S/C18H17BrClN7O5/c1-9-15(19)10(2)26(24-9)8-14-23-18(32-25-14)17(29)22-6-5-21-16(28)11-3-4-12(20)13(7-11)27(30)31/h3-4,7H,5-6,8H2,1-2H3,(H,21,28)(H,22,29). The maximum absolute atomic E-state index is 12.2. The smallest absolute Gasteiger partial charge is 0.316 e. The molecule has 14 heteroatoms. The Morgan fingerprint density at radius 3 is 2.56 bits per heavy atom. The highest BCUT2D eigenvalue weighted by molar-refractivity contribution is 9.10. The molecule has 3 rings (SSSR count). The first-order chi connectivity index (χ1) is 15.2. The predicted molar refractivity (Wildman–Crippen MR) is 116 cm³/mol. The van der Waals surface area contributed by atoms with Crippen molar-refractivity contribution >= 4 is 45.0 Å². The first kappa shape index (κ1) is 23.3. The molecule has 0 unspecified atom stereocenters. The summed E-state index contributed by atoms with van der Waals surface area (Å²) in [6.45, 7) is 4.12. The minimum absolute atomic E-state index is 0.0665. The lowest BCUT2D eigenvalue weighted by atomic mass is 10.2. The zero-order valence-electron chi connectivity index (χ0n) is 16.9. The SMILES string of the molecule is Cc1nn(Cc2noc(C(=O)NCCNC(=O)c3ccc(Cl)c([N+](=O)[O-])c3)n2)c(C)c1Br. The van der Waals surface area contributed by atoms with E-state index in [1.54, 1.807) is 4.68 Å². The highest BCUT2D eigenvalue weighted by atomic mass is 79.9. The number of nitrogens with one attached hydrogen (secondary N) is 2. The second-order valence-electron chi connectivity index (χ2n) is 6.59. The van der Waals surface area contributed by atoms with Crippen LogP contribution in [0.15, 0.2) is 27.2 Å². The van der Waals surface area contributed by atoms with Crippen LogP contribution >= 0.6 is 27.5 Å². The second kappa shape index (κ2) is 9.87. The number of hydrogen-bond donors (Lipinski definition) is 2. The molecule has 2 heterocycles. The molecule has 2 aromatic heterocycles. The fourth-order valence-corrected chi connectivity index (χ4v) is 3.17. The van der Waals surface area contributed by atoms with Crippen LogP contribution in [0, 0.1) is 24.0 Å². The molecule has 168 valence electrons. The number of nitro benzene ring substituents is 1. The number of aromatic nitrogens is 4. The first-order valence-corrected chi connectivity index (χ1v) is 10.4. The molecule has 3 aromatic rings. The summed E-state index contributed by atoms with van der Waals surface area (Å²) in [5, 5.41) is 24.1. The van der Waals surface area contributed by atoms with Crippen LogP contribution in [0.2, 0.25) is 5.02 Å². The number of benzene rings is 1. The highest BCUT2D eigenvalue weighted by Crippen LogP contribution is 2.25. The number of amides is 2. The molecule has 0 saturated carbocycles. The molecule has 0 radical (unpaired) electrons. The highest BCUT2D eigenvalue weighted by Gasteiger charge is 2.18. The van der Waals surface area contributed by atoms with Crippen LogP contribution in [0.4, 0.5) is 5.69 Å². The molecule has 0 bridgehead atoms. The lowest BCUT2D eigenvalue weighted by Gasteiger charge is -2.06. The van der Waals surface area contributed by atoms with Crippen LogP contribution in [0.3, 0.4) is 0 Å². The molecule has 0 saturated heterocycles. The van der Waals surface area contributed by atoms with Crippen molar-refractivity contribution in [3.63, 3.8) is 0 Å². The largest absolute Gasteiger partial charge is 0.350 e. The minimum atomic E-state index is -0.675. The van der Waals surface area contributed by atoms with Crippen molar-refractivity contribution in [1.82, 2.24) is 30.6 Å². The summed E-state index contributed by atoms with van der Waals surface area (Å²) >= 11 is 9.17. The number of carbonyl (C=O) groups is 2. The van der Waals surface area contributed by atoms with E-state index in [4.69, 9.17) is 16.1 Å². The molecule has 0 spiro atoms. The molecule has 0 atom stereocenters. The van der Waals surface area contributed by atoms with Crippen LogP contribution in [-0.2, 0) is 6.54 Å². The van der Waals surface area contributed by atoms with Crippen LogP contribution in [-0.4, -0.2) is 49.7 Å². The summed E-state index contributed by atoms with van der Waals surface area (Å²) in [7, 11) is 0. The van der Waals surface area contributed by atoms with E-state index in [1.165, 1.54) is 12.1 Å². The van der Waals surface area contributed by atoms with Gasteiger partial charge >= 0.3 is 11.8 Å². The van der Waals surface area contributed by atoms with E-state index < -0.39 is 16.7 Å². The molecule has 0 aliphatic carbocycles. The molecule has 32 heavy (non-hydrogen) atoms. The summed E-state index contributed by atoms with van der Waals surface area (Å²) in [5.41, 5.74) is 1.41. The zero-order chi connectivity index (χ0) is 23.4. The van der Waals surface area contributed by atoms with Gasteiger partial charge in [-0.3, -0.25) is 24.4 Å². The second-order valence-corrected chi connectivity index (χ2v) is 7.79. The van der Waals surface area contributed by atoms with Gasteiger partial charge < -0.3 is 15.2 Å². The van der Waals surface area contributed by atoms with E-state index in [1.807, 2.05) is 13.8 Å². The predicted octanol–water partition coefficient (Wildman–Crippen LogP) is 2.42. The maximum Gasteiger partial charge on any atom is 0.316 e. The van der Waals surface area contributed by atoms with Crippen molar-refractivity contribution in [2.75, 3.05) is 13.1 Å². The Labute approximate surface area is 194 Å². The van der Waals surface area contributed by atoms with Gasteiger partial charge in [-0.1, -0.05) is 16.8 Å². The molecule has 2 N–H and O–H groups in total. The minimum Gasteiger partial charge on any atom is -0.350 e. The van der Waals surface area contributed by atoms with Gasteiger partial charge in [0.15, 0.2) is 5.82 Å². The van der Waals surface area contributed by atoms with Gasteiger partial charge in [0.25, 0.3) is 11.6 Å². The Balaban J connectivity index is 1.49. The van der Waals surface area contributed by atoms with E-state index >= 15 is 0 Å². The van der Waals surface area contributed by atoms with Gasteiger partial charge in [0.2, 0.25) is 0 Å². The lowest BCUT2D eigenvalue weighted by Crippen LogP contribution is -2.34. The topological polar surface area (TPSA) is 158 Å². The normalized spacial score (nSPS) is 10.8. The summed E-state index contributed by atoms with van der Waals surface area (Å²) in [6.07, 6.45) is 0. The average molecular weight is 527 g/mol. The number of carbonyl (C=O) groups excluding carboxylic acids is 2. The maximum atomic E-state index is 12.2. The van der Waals surface area contributed by atoms with Gasteiger partial charge in [-0.25, -0.2) is 0 Å². The fraction of sp³-hybridized carbons (Fsp3) is 0.278. The van der Waals surface area contributed by atoms with Crippen LogP contribution < -0.4 is 10.6 Å². The number of nitro groups is 1. The molecular weight excluding hydrogens is 510 g/mol. The van der Waals surface area contributed by atoms with E-state index in [2.05, 4.69) is 41.8 Å².